The smallest absolute Gasteiger partial charge is 0.234 e. The zero-order valence-corrected chi connectivity index (χ0v) is 11.6. The van der Waals surface area contributed by atoms with Gasteiger partial charge in [0.2, 0.25) is 5.91 Å². The Morgan fingerprint density at radius 3 is 2.56 bits per heavy atom. The lowest BCUT2D eigenvalue weighted by molar-refractivity contribution is -0.121. The number of nitrogens with one attached hydrogen (secondary N) is 2. The van der Waals surface area contributed by atoms with Crippen LogP contribution in [0.15, 0.2) is 0 Å². The predicted octanol–water partition coefficient (Wildman–Crippen LogP) is 1.12. The van der Waals surface area contributed by atoms with Gasteiger partial charge in [0.15, 0.2) is 0 Å². The molecule has 1 saturated carbocycles. The first-order chi connectivity index (χ1) is 8.74. The van der Waals surface area contributed by atoms with Crippen LogP contribution in [0.2, 0.25) is 0 Å². The first-order valence-electron chi connectivity index (χ1n) is 7.49. The van der Waals surface area contributed by atoms with Gasteiger partial charge in [-0.3, -0.25) is 4.79 Å². The Hall–Kier alpha value is -0.610. The van der Waals surface area contributed by atoms with Crippen LogP contribution in [0, 0.1) is 0 Å². The van der Waals surface area contributed by atoms with Crippen LogP contribution in [-0.2, 0) is 4.79 Å². The maximum Gasteiger partial charge on any atom is 0.234 e. The average molecular weight is 253 g/mol. The highest BCUT2D eigenvalue weighted by atomic mass is 16.2. The zero-order valence-electron chi connectivity index (χ0n) is 11.6. The largest absolute Gasteiger partial charge is 0.351 e. The van der Waals surface area contributed by atoms with Gasteiger partial charge in [-0.1, -0.05) is 12.8 Å². The molecule has 2 N–H and O–H groups in total. The number of carbonyl (C=O) groups is 1. The molecule has 1 aliphatic carbocycles. The van der Waals surface area contributed by atoms with E-state index in [2.05, 4.69) is 22.5 Å². The van der Waals surface area contributed by atoms with E-state index in [1.54, 1.807) is 0 Å². The van der Waals surface area contributed by atoms with E-state index in [9.17, 15) is 4.79 Å². The minimum atomic E-state index is 0.147. The topological polar surface area (TPSA) is 44.4 Å². The van der Waals surface area contributed by atoms with Crippen molar-refractivity contribution in [2.45, 2.75) is 57.5 Å². The van der Waals surface area contributed by atoms with Crippen molar-refractivity contribution in [3.05, 3.63) is 0 Å². The van der Waals surface area contributed by atoms with Crippen LogP contribution in [0.25, 0.3) is 0 Å². The summed E-state index contributed by atoms with van der Waals surface area (Å²) >= 11 is 0. The highest BCUT2D eigenvalue weighted by Gasteiger charge is 2.18. The number of nitrogens with zero attached hydrogens (tertiary/aromatic N) is 1. The summed E-state index contributed by atoms with van der Waals surface area (Å²) in [6.45, 7) is 5.97. The van der Waals surface area contributed by atoms with Crippen LogP contribution in [0.4, 0.5) is 0 Å². The quantitative estimate of drug-likeness (QED) is 0.745. The second-order valence-corrected chi connectivity index (χ2v) is 5.84. The molecule has 4 heteroatoms. The zero-order chi connectivity index (χ0) is 12.8. The van der Waals surface area contributed by atoms with Crippen LogP contribution < -0.4 is 10.6 Å². The molecule has 1 unspecified atom stereocenters. The van der Waals surface area contributed by atoms with Gasteiger partial charge in [-0.25, -0.2) is 0 Å². The van der Waals surface area contributed by atoms with Gasteiger partial charge in [-0.2, -0.15) is 0 Å². The summed E-state index contributed by atoms with van der Waals surface area (Å²) in [6.07, 6.45) is 7.70. The Kier molecular flexibility index (Phi) is 5.45. The lowest BCUT2D eigenvalue weighted by Gasteiger charge is -2.21. The molecular weight excluding hydrogens is 226 g/mol. The fourth-order valence-electron chi connectivity index (χ4n) is 3.09. The normalized spacial score (nSPS) is 23.4. The molecule has 0 aromatic heterocycles. The van der Waals surface area contributed by atoms with E-state index < -0.39 is 0 Å². The monoisotopic (exact) mass is 253 g/mol. The van der Waals surface area contributed by atoms with Gasteiger partial charge in [0.1, 0.15) is 0 Å². The van der Waals surface area contributed by atoms with Crippen LogP contribution in [-0.4, -0.2) is 49.1 Å². The van der Waals surface area contributed by atoms with E-state index in [1.807, 2.05) is 0 Å². The van der Waals surface area contributed by atoms with E-state index in [-0.39, 0.29) is 11.9 Å². The van der Waals surface area contributed by atoms with E-state index in [0.29, 0.717) is 12.6 Å². The number of hydrogen-bond donors (Lipinski definition) is 2. The summed E-state index contributed by atoms with van der Waals surface area (Å²) in [4.78, 5) is 14.2. The van der Waals surface area contributed by atoms with Gasteiger partial charge < -0.3 is 15.5 Å². The summed E-state index contributed by atoms with van der Waals surface area (Å²) in [5, 5.41) is 6.44. The van der Waals surface area contributed by atoms with Gasteiger partial charge in [-0.15, -0.1) is 0 Å². The first-order valence-corrected chi connectivity index (χ1v) is 7.49. The first kappa shape index (κ1) is 13.8. The van der Waals surface area contributed by atoms with E-state index in [4.69, 9.17) is 0 Å². The standard InChI is InChI=1S/C14H27N3O/c1-12(11-17-8-4-5-9-17)16-14(18)10-15-13-6-2-3-7-13/h12-13,15H,2-11H2,1H3,(H,16,18). The number of rotatable bonds is 6. The molecule has 1 amide bonds. The molecule has 0 radical (unpaired) electrons. The van der Waals surface area contributed by atoms with Crippen LogP contribution in [0.3, 0.4) is 0 Å². The number of carbonyl (C=O) groups excluding carboxylic acids is 1. The molecule has 1 atom stereocenters. The van der Waals surface area contributed by atoms with Crippen molar-refractivity contribution in [3.63, 3.8) is 0 Å². The summed E-state index contributed by atoms with van der Waals surface area (Å²) in [5.41, 5.74) is 0. The van der Waals surface area contributed by atoms with Crippen molar-refractivity contribution < 1.29 is 4.79 Å². The Balaban J connectivity index is 1.57. The second-order valence-electron chi connectivity index (χ2n) is 5.84. The van der Waals surface area contributed by atoms with Gasteiger partial charge in [0.05, 0.1) is 6.54 Å². The molecule has 2 rings (SSSR count). The van der Waals surface area contributed by atoms with Crippen LogP contribution in [0.5, 0.6) is 0 Å². The third kappa shape index (κ3) is 4.58. The fourth-order valence-corrected chi connectivity index (χ4v) is 3.09. The van der Waals surface area contributed by atoms with E-state index in [1.165, 1.54) is 51.6 Å². The number of likely N-dealkylation sites (tertiary alicyclic amines) is 1. The highest BCUT2D eigenvalue weighted by molar-refractivity contribution is 5.78. The maximum absolute atomic E-state index is 11.8. The van der Waals surface area contributed by atoms with Crippen LogP contribution in [0.1, 0.15) is 45.4 Å². The second kappa shape index (κ2) is 7.10. The average Bonchev–Trinajstić information content (AvgIpc) is 2.98. The molecule has 1 heterocycles. The van der Waals surface area contributed by atoms with Gasteiger partial charge >= 0.3 is 0 Å². The Morgan fingerprint density at radius 2 is 1.89 bits per heavy atom. The van der Waals surface area contributed by atoms with Crippen molar-refractivity contribution in [2.75, 3.05) is 26.2 Å². The molecule has 0 bridgehead atoms. The van der Waals surface area contributed by atoms with Crippen molar-refractivity contribution >= 4 is 5.91 Å². The van der Waals surface area contributed by atoms with Gasteiger partial charge in [0.25, 0.3) is 0 Å². The lowest BCUT2D eigenvalue weighted by atomic mass is 10.2. The molecule has 104 valence electrons. The van der Waals surface area contributed by atoms with E-state index >= 15 is 0 Å². The predicted molar refractivity (Wildman–Crippen MR) is 73.5 cm³/mol. The van der Waals surface area contributed by atoms with Crippen LogP contribution >= 0.6 is 0 Å². The molecule has 1 saturated heterocycles. The molecular formula is C14H27N3O. The Bertz CT molecular complexity index is 258. The minimum Gasteiger partial charge on any atom is -0.351 e. The molecule has 0 spiro atoms. The third-order valence-electron chi connectivity index (χ3n) is 4.04. The Morgan fingerprint density at radius 1 is 1.22 bits per heavy atom. The molecule has 0 aromatic carbocycles. The summed E-state index contributed by atoms with van der Waals surface area (Å²) in [5.74, 6) is 0.147. The molecule has 4 nitrogen and oxygen atoms in total. The molecule has 2 aliphatic rings. The minimum absolute atomic E-state index is 0.147. The van der Waals surface area contributed by atoms with Gasteiger partial charge in [-0.05, 0) is 45.7 Å². The number of hydrogen-bond acceptors (Lipinski definition) is 3. The van der Waals surface area contributed by atoms with Gasteiger partial charge in [0, 0.05) is 18.6 Å². The molecule has 0 aromatic rings. The molecule has 18 heavy (non-hydrogen) atoms. The summed E-state index contributed by atoms with van der Waals surface area (Å²) in [7, 11) is 0. The van der Waals surface area contributed by atoms with E-state index in [0.717, 1.165) is 6.54 Å². The lowest BCUT2D eigenvalue weighted by Crippen LogP contribution is -2.45. The highest BCUT2D eigenvalue weighted by Crippen LogP contribution is 2.17. The maximum atomic E-state index is 11.8. The van der Waals surface area contributed by atoms with Crippen molar-refractivity contribution in [1.29, 1.82) is 0 Å². The van der Waals surface area contributed by atoms with Crippen molar-refractivity contribution in [3.8, 4) is 0 Å². The Labute approximate surface area is 110 Å². The molecule has 2 fully saturated rings. The number of amides is 1. The molecule has 1 aliphatic heterocycles. The summed E-state index contributed by atoms with van der Waals surface area (Å²) < 4.78 is 0. The third-order valence-corrected chi connectivity index (χ3v) is 4.04. The van der Waals surface area contributed by atoms with Crippen molar-refractivity contribution in [1.82, 2.24) is 15.5 Å². The summed E-state index contributed by atoms with van der Waals surface area (Å²) in [6, 6.07) is 0.839. The SMILES string of the molecule is CC(CN1CCCC1)NC(=O)CNC1CCCC1. The van der Waals surface area contributed by atoms with Crippen molar-refractivity contribution in [2.24, 2.45) is 0 Å². The fraction of sp³-hybridized carbons (Fsp3) is 0.929.